The summed E-state index contributed by atoms with van der Waals surface area (Å²) < 4.78 is 6.70. The lowest BCUT2D eigenvalue weighted by Crippen LogP contribution is -2.55. The molecule has 10 heteroatoms. The summed E-state index contributed by atoms with van der Waals surface area (Å²) in [6.07, 6.45) is 4.29. The molecule has 3 aliphatic heterocycles. The molecule has 2 aromatic rings. The van der Waals surface area contributed by atoms with Gasteiger partial charge in [-0.1, -0.05) is 18.2 Å². The van der Waals surface area contributed by atoms with E-state index >= 15 is 0 Å². The fraction of sp³-hybridized carbons (Fsp3) is 0.586. The van der Waals surface area contributed by atoms with Gasteiger partial charge in [0.05, 0.1) is 30.8 Å². The van der Waals surface area contributed by atoms with Gasteiger partial charge < -0.3 is 24.5 Å². The Morgan fingerprint density at radius 1 is 1.18 bits per heavy atom. The monoisotopic (exact) mass is 531 g/mol. The first-order valence-electron chi connectivity index (χ1n) is 14.1. The molecule has 0 radical (unpaired) electrons. The lowest BCUT2D eigenvalue weighted by molar-refractivity contribution is 0.0757. The second kappa shape index (κ2) is 10.2. The minimum atomic E-state index is -0.978. The lowest BCUT2D eigenvalue weighted by atomic mass is 10.0. The Balaban J connectivity index is 1.35. The maximum atomic E-state index is 11.8. The highest BCUT2D eigenvalue weighted by atomic mass is 16.5. The van der Waals surface area contributed by atoms with Gasteiger partial charge in [0, 0.05) is 43.5 Å². The van der Waals surface area contributed by atoms with Crippen molar-refractivity contribution < 1.29 is 14.6 Å². The third-order valence-electron chi connectivity index (χ3n) is 9.00. The molecule has 2 saturated heterocycles. The summed E-state index contributed by atoms with van der Waals surface area (Å²) in [4.78, 5) is 30.2. The zero-order valence-corrected chi connectivity index (χ0v) is 22.8. The number of anilines is 2. The van der Waals surface area contributed by atoms with Gasteiger partial charge in [-0.3, -0.25) is 4.90 Å². The van der Waals surface area contributed by atoms with Crippen LogP contribution in [0.2, 0.25) is 0 Å². The van der Waals surface area contributed by atoms with Crippen LogP contribution >= 0.6 is 0 Å². The lowest BCUT2D eigenvalue weighted by Gasteiger charge is -2.41. The molecule has 0 bridgehead atoms. The van der Waals surface area contributed by atoms with Gasteiger partial charge in [0.15, 0.2) is 0 Å². The van der Waals surface area contributed by atoms with Crippen LogP contribution in [-0.2, 0) is 13.0 Å². The maximum Gasteiger partial charge on any atom is 0.407 e. The largest absolute Gasteiger partial charge is 0.465 e. The van der Waals surface area contributed by atoms with Crippen molar-refractivity contribution in [3.63, 3.8) is 0 Å². The second-order valence-electron chi connectivity index (χ2n) is 11.5. The number of hydrogen-bond acceptors (Lipinski definition) is 8. The minimum absolute atomic E-state index is 0.150. The smallest absolute Gasteiger partial charge is 0.407 e. The van der Waals surface area contributed by atoms with Gasteiger partial charge in [-0.15, -0.1) is 0 Å². The van der Waals surface area contributed by atoms with E-state index in [9.17, 15) is 15.2 Å². The highest BCUT2D eigenvalue weighted by Gasteiger charge is 2.55. The average molecular weight is 532 g/mol. The van der Waals surface area contributed by atoms with Gasteiger partial charge in [-0.25, -0.2) is 4.79 Å². The van der Waals surface area contributed by atoms with Gasteiger partial charge in [0.1, 0.15) is 11.4 Å². The third-order valence-corrected chi connectivity index (χ3v) is 9.00. The number of aryl methyl sites for hydroxylation is 1. The van der Waals surface area contributed by atoms with E-state index in [0.717, 1.165) is 55.8 Å². The molecule has 1 aromatic heterocycles. The molecule has 1 aromatic carbocycles. The van der Waals surface area contributed by atoms with E-state index in [2.05, 4.69) is 59.0 Å². The molecule has 2 atom stereocenters. The van der Waals surface area contributed by atoms with Crippen molar-refractivity contribution in [3.8, 4) is 12.1 Å². The second-order valence-corrected chi connectivity index (χ2v) is 11.5. The van der Waals surface area contributed by atoms with Crippen LogP contribution in [0.15, 0.2) is 24.3 Å². The first-order chi connectivity index (χ1) is 18.9. The van der Waals surface area contributed by atoms with E-state index in [1.807, 2.05) is 0 Å². The van der Waals surface area contributed by atoms with Crippen LogP contribution < -0.4 is 14.5 Å². The predicted molar refractivity (Wildman–Crippen MR) is 147 cm³/mol. The standard InChI is InChI=1S/C29H37N7O3/c1-20-6-3-4-7-24(20)34-15-10-22-23(19-34)31-27(39-29(11-12-29)25-8-5-14-33(25)2)32-26(22)35-16-17-36(28(37)38)21(18-35)9-13-30/h3-4,6-7,21,25H,5,8-12,14-19H2,1-2H3,(H,37,38). The number of piperazine rings is 1. The molecular formula is C29H37N7O3. The fourth-order valence-corrected chi connectivity index (χ4v) is 6.78. The molecule has 4 heterocycles. The predicted octanol–water partition coefficient (Wildman–Crippen LogP) is 3.44. The van der Waals surface area contributed by atoms with Crippen molar-refractivity contribution in [2.24, 2.45) is 0 Å². The Bertz CT molecular complexity index is 1290. The zero-order chi connectivity index (χ0) is 27.1. The molecule has 1 N–H and O–H groups in total. The molecule has 1 saturated carbocycles. The summed E-state index contributed by atoms with van der Waals surface area (Å²) in [5.74, 6) is 0.836. The summed E-state index contributed by atoms with van der Waals surface area (Å²) in [5.41, 5.74) is 4.29. The van der Waals surface area contributed by atoms with Crippen molar-refractivity contribution in [1.29, 1.82) is 5.26 Å². The number of nitriles is 1. The van der Waals surface area contributed by atoms with Crippen LogP contribution in [0.4, 0.5) is 16.3 Å². The number of aromatic nitrogens is 2. The topological polar surface area (TPSA) is 109 Å². The molecular weight excluding hydrogens is 494 g/mol. The van der Waals surface area contributed by atoms with E-state index in [1.54, 1.807) is 0 Å². The van der Waals surface area contributed by atoms with E-state index in [1.165, 1.54) is 22.6 Å². The van der Waals surface area contributed by atoms with Gasteiger partial charge in [-0.05, 0) is 64.3 Å². The van der Waals surface area contributed by atoms with Crippen LogP contribution in [0.25, 0.3) is 0 Å². The minimum Gasteiger partial charge on any atom is -0.465 e. The quantitative estimate of drug-likeness (QED) is 0.600. The van der Waals surface area contributed by atoms with Crippen molar-refractivity contribution in [2.75, 3.05) is 49.6 Å². The summed E-state index contributed by atoms with van der Waals surface area (Å²) in [5, 5.41) is 19.1. The molecule has 39 heavy (non-hydrogen) atoms. The first-order valence-corrected chi connectivity index (χ1v) is 14.1. The number of likely N-dealkylation sites (N-methyl/N-ethyl adjacent to an activating group) is 1. The third kappa shape index (κ3) is 4.84. The van der Waals surface area contributed by atoms with Crippen LogP contribution in [-0.4, -0.2) is 88.4 Å². The molecule has 206 valence electrons. The number of fused-ring (bicyclic) bond motifs is 1. The van der Waals surface area contributed by atoms with Crippen molar-refractivity contribution in [3.05, 3.63) is 41.1 Å². The highest BCUT2D eigenvalue weighted by Crippen LogP contribution is 2.48. The summed E-state index contributed by atoms with van der Waals surface area (Å²) >= 11 is 0. The maximum absolute atomic E-state index is 11.8. The van der Waals surface area contributed by atoms with Crippen LogP contribution in [0, 0.1) is 18.3 Å². The van der Waals surface area contributed by atoms with Gasteiger partial charge >= 0.3 is 12.1 Å². The van der Waals surface area contributed by atoms with Crippen LogP contribution in [0.5, 0.6) is 6.01 Å². The molecule has 6 rings (SSSR count). The van der Waals surface area contributed by atoms with Gasteiger partial charge in [0.25, 0.3) is 0 Å². The highest BCUT2D eigenvalue weighted by molar-refractivity contribution is 5.66. The summed E-state index contributed by atoms with van der Waals surface area (Å²) in [6.45, 7) is 6.03. The number of rotatable bonds is 6. The van der Waals surface area contributed by atoms with E-state index in [4.69, 9.17) is 14.7 Å². The molecule has 10 nitrogen and oxygen atoms in total. The van der Waals surface area contributed by atoms with Crippen LogP contribution in [0.3, 0.4) is 0 Å². The number of nitrogens with zero attached hydrogens (tertiary/aromatic N) is 7. The molecule has 2 unspecified atom stereocenters. The van der Waals surface area contributed by atoms with E-state index in [-0.39, 0.29) is 12.0 Å². The number of benzene rings is 1. The molecule has 0 spiro atoms. The summed E-state index contributed by atoms with van der Waals surface area (Å²) in [7, 11) is 2.18. The van der Waals surface area contributed by atoms with Crippen molar-refractivity contribution in [2.45, 2.75) is 69.7 Å². The number of carbonyl (C=O) groups is 1. The van der Waals surface area contributed by atoms with Gasteiger partial charge in [0.2, 0.25) is 0 Å². The first kappa shape index (κ1) is 25.7. The van der Waals surface area contributed by atoms with E-state index < -0.39 is 12.1 Å². The van der Waals surface area contributed by atoms with Gasteiger partial charge in [-0.2, -0.15) is 15.2 Å². The normalized spacial score (nSPS) is 24.3. The summed E-state index contributed by atoms with van der Waals surface area (Å²) in [6, 6.07) is 11.0. The Kier molecular flexibility index (Phi) is 6.71. The van der Waals surface area contributed by atoms with Crippen molar-refractivity contribution >= 4 is 17.6 Å². The Morgan fingerprint density at radius 3 is 2.69 bits per heavy atom. The Hall–Kier alpha value is -3.58. The number of amides is 1. The number of para-hydroxylation sites is 1. The Labute approximate surface area is 229 Å². The number of carboxylic acid groups (broad SMARTS) is 1. The molecule has 1 amide bonds. The SMILES string of the molecule is Cc1ccccc1N1CCc2c(nc(OC3(C4CCCN4C)CC3)nc2N2CCN(C(=O)O)C(CC#N)C2)C1. The number of hydrogen-bond donors (Lipinski definition) is 1. The van der Waals surface area contributed by atoms with Crippen molar-refractivity contribution in [1.82, 2.24) is 19.8 Å². The fourth-order valence-electron chi connectivity index (χ4n) is 6.78. The van der Waals surface area contributed by atoms with Crippen LogP contribution in [0.1, 0.15) is 48.9 Å². The molecule has 3 fully saturated rings. The zero-order valence-electron chi connectivity index (χ0n) is 22.8. The van der Waals surface area contributed by atoms with E-state index in [0.29, 0.717) is 38.2 Å². The number of likely N-dealkylation sites (tertiary alicyclic amines) is 1. The molecule has 4 aliphatic rings. The molecule has 1 aliphatic carbocycles. The Morgan fingerprint density at radius 2 is 2.00 bits per heavy atom. The number of ether oxygens (including phenoxy) is 1. The average Bonchev–Trinajstić information content (AvgIpc) is 3.56.